The lowest BCUT2D eigenvalue weighted by Crippen LogP contribution is -2.57. The standard InChI is InChI=1S/C18H15S.C17H26O2.C12H14O4.C11H10F4O6S2.C11H18O2.C10H10O2/c1-4-10-16(11-5-1)19(17-12-6-2-7-13-17)18-14-8-3-9-15-18;1-11(2)15(18)19-16(3,4)17-8-12-5-13(9-17)7-14(6-12)10-17;1-5(2)11(13)15-9-6-3-7-8(4-6)12(14)16-10(7)9;1-2-8-3-5-9(6-4-8)21-23(19,20)11(14,15)7-10(12,13)22(16,17)18;1-4-11(7-5-6-8-11)13-10(12)9(2)3;1-3-9-4-6-10(7-5-9)12-8(2)11/h1-15H;12-14H,1,5-10H2,2-4H3;6-10H,1,3-4H2,2H3;2-6H,1,7H2,(H,16,17,18);2,4-8H2,1,3H3;3-7H,1H2,2H3/q+1;;;;;/p-1. The van der Waals surface area contributed by atoms with E-state index in [0.29, 0.717) is 34.0 Å². The Balaban J connectivity index is 0.000000174. The molecule has 7 aliphatic carbocycles. The summed E-state index contributed by atoms with van der Waals surface area (Å²) in [5.41, 5.74) is 2.61. The number of ether oxygens (including phenoxy) is 5. The van der Waals surface area contributed by atoms with Crippen LogP contribution in [-0.4, -0.2) is 85.2 Å². The zero-order valence-electron chi connectivity index (χ0n) is 58.8. The molecule has 0 spiro atoms. The molecule has 16 nitrogen and oxygen atoms in total. The number of esters is 5. The summed E-state index contributed by atoms with van der Waals surface area (Å²) in [6.45, 7) is 30.6. The van der Waals surface area contributed by atoms with Crippen LogP contribution in [0.5, 0.6) is 11.5 Å². The number of fused-ring (bicyclic) bond motifs is 1. The Hall–Kier alpha value is -8.12. The molecule has 1 aliphatic heterocycles. The van der Waals surface area contributed by atoms with Crippen LogP contribution in [0, 0.1) is 40.9 Å². The Morgan fingerprint density at radius 2 is 1.05 bits per heavy atom. The molecule has 5 aromatic carbocycles. The SMILES string of the molecule is C=C(C)C(=O)OC(C)(C)C12CC3CC(CC(C3)C1)C2.C=C(C)C(=O)OC1(CC)CCCC1.C=C(C)C(=O)OC1C2CC3C(=O)OC1C3C2.C=Cc1ccc(OC(C)=O)cc1.C=Cc1ccc(OS(=O)(=O)C(F)(F)CC(F)(F)S(=O)(=O)[O-])cc1.c1ccc([S+](c2ccccc2)c2ccccc2)cc1. The maximum Gasteiger partial charge on any atom is 0.387 e. The minimum atomic E-state index is -6.47. The quantitative estimate of drug-likeness (QED) is 0.0103. The van der Waals surface area contributed by atoms with Crippen molar-refractivity contribution in [2.45, 2.75) is 187 Å². The van der Waals surface area contributed by atoms with Gasteiger partial charge in [-0.1, -0.05) is 131 Å². The molecule has 8 aliphatic rings. The summed E-state index contributed by atoms with van der Waals surface area (Å²) in [7, 11) is -12.5. The second-order valence-corrected chi connectivity index (χ2v) is 32.9. The number of carbonyl (C=O) groups is 5. The first-order valence-corrected chi connectivity index (χ1v) is 37.9. The molecule has 0 N–H and O–H groups in total. The van der Waals surface area contributed by atoms with Crippen LogP contribution in [0.3, 0.4) is 0 Å². The normalized spacial score (nSPS) is 22.9. The van der Waals surface area contributed by atoms with Crippen molar-refractivity contribution < 1.29 is 90.8 Å². The van der Waals surface area contributed by atoms with Crippen LogP contribution in [-0.2, 0) is 74.1 Å². The molecule has 7 saturated carbocycles. The molecule has 6 bridgehead atoms. The predicted octanol–water partition coefficient (Wildman–Crippen LogP) is 17.2. The molecule has 5 atom stereocenters. The average Bonchev–Trinajstić information content (AvgIpc) is 1.19. The molecule has 1 saturated heterocycles. The third-order valence-electron chi connectivity index (χ3n) is 19.6. The summed E-state index contributed by atoms with van der Waals surface area (Å²) in [5.74, 6) is 1.99. The highest BCUT2D eigenvalue weighted by Gasteiger charge is 2.64. The predicted molar refractivity (Wildman–Crippen MR) is 382 cm³/mol. The fourth-order valence-electron chi connectivity index (χ4n) is 14.6. The molecule has 23 heteroatoms. The number of hydrogen-bond donors (Lipinski definition) is 0. The van der Waals surface area contributed by atoms with Gasteiger partial charge in [-0.25, -0.2) is 22.8 Å². The summed E-state index contributed by atoms with van der Waals surface area (Å²) in [5, 5.41) is -10.8. The highest BCUT2D eigenvalue weighted by atomic mass is 32.2. The average molecular weight is 1470 g/mol. The van der Waals surface area contributed by atoms with Crippen molar-refractivity contribution in [3.8, 4) is 11.5 Å². The monoisotopic (exact) mass is 1470 g/mol. The van der Waals surface area contributed by atoms with Crippen LogP contribution >= 0.6 is 0 Å². The summed E-state index contributed by atoms with van der Waals surface area (Å²) < 4.78 is 137. The van der Waals surface area contributed by atoms with E-state index < -0.39 is 42.9 Å². The van der Waals surface area contributed by atoms with E-state index in [0.717, 1.165) is 67.6 Å². The largest absolute Gasteiger partial charge is 0.743 e. The Morgan fingerprint density at radius 3 is 1.44 bits per heavy atom. The van der Waals surface area contributed by atoms with E-state index in [1.807, 2.05) is 12.1 Å². The molecule has 0 radical (unpaired) electrons. The summed E-state index contributed by atoms with van der Waals surface area (Å²) in [6.07, 6.45) is 14.7. The van der Waals surface area contributed by atoms with Gasteiger partial charge in [0.15, 0.2) is 24.8 Å². The van der Waals surface area contributed by atoms with Crippen LogP contribution in [0.15, 0.2) is 204 Å². The summed E-state index contributed by atoms with van der Waals surface area (Å²) in [6, 6.07) is 43.7. The summed E-state index contributed by atoms with van der Waals surface area (Å²) in [4.78, 5) is 60.8. The van der Waals surface area contributed by atoms with E-state index in [2.05, 4.69) is 149 Å². The van der Waals surface area contributed by atoms with Crippen molar-refractivity contribution in [2.24, 2.45) is 40.9 Å². The first-order valence-electron chi connectivity index (χ1n) is 33.9. The van der Waals surface area contributed by atoms with Crippen LogP contribution in [0.4, 0.5) is 17.6 Å². The zero-order chi connectivity index (χ0) is 75.2. The molecule has 550 valence electrons. The molecule has 1 heterocycles. The molecule has 13 rings (SSSR count). The van der Waals surface area contributed by atoms with E-state index in [1.165, 1.54) is 91.2 Å². The van der Waals surface area contributed by atoms with Crippen LogP contribution < -0.4 is 8.92 Å². The van der Waals surface area contributed by atoms with Crippen molar-refractivity contribution in [3.05, 3.63) is 200 Å². The molecule has 102 heavy (non-hydrogen) atoms. The Labute approximate surface area is 600 Å². The third kappa shape index (κ3) is 20.8. The lowest BCUT2D eigenvalue weighted by atomic mass is 9.46. The number of carbonyl (C=O) groups excluding carboxylic acids is 5. The summed E-state index contributed by atoms with van der Waals surface area (Å²) >= 11 is 0. The van der Waals surface area contributed by atoms with E-state index in [9.17, 15) is 62.9 Å². The van der Waals surface area contributed by atoms with Crippen molar-refractivity contribution in [3.63, 3.8) is 0 Å². The van der Waals surface area contributed by atoms with Gasteiger partial charge in [0.05, 0.1) is 16.8 Å². The maximum atomic E-state index is 13.4. The minimum Gasteiger partial charge on any atom is -0.743 e. The van der Waals surface area contributed by atoms with Crippen molar-refractivity contribution >= 4 is 73.1 Å². The molecule has 0 amide bonds. The molecule has 5 aromatic rings. The van der Waals surface area contributed by atoms with Gasteiger partial charge in [-0.15, -0.1) is 0 Å². The lowest BCUT2D eigenvalue weighted by molar-refractivity contribution is -0.195. The molecular weight excluding hydrogens is 1380 g/mol. The second-order valence-electron chi connectivity index (χ2n) is 27.7. The van der Waals surface area contributed by atoms with Crippen molar-refractivity contribution in [1.82, 2.24) is 0 Å². The van der Waals surface area contributed by atoms with E-state index in [1.54, 1.807) is 39.0 Å². The van der Waals surface area contributed by atoms with Gasteiger partial charge in [-0.05, 0) is 208 Å². The molecule has 0 aromatic heterocycles. The first-order chi connectivity index (χ1) is 47.9. The Morgan fingerprint density at radius 1 is 0.618 bits per heavy atom. The Bertz CT molecular complexity index is 3900. The fourth-order valence-corrected chi connectivity index (χ4v) is 18.0. The minimum absolute atomic E-state index is 0.0146. The number of rotatable bonds is 20. The number of hydrogen-bond acceptors (Lipinski definition) is 16. The molecule has 5 unspecified atom stereocenters. The molecule has 8 fully saturated rings. The first kappa shape index (κ1) is 81.2. The third-order valence-corrected chi connectivity index (χ3v) is 24.0. The van der Waals surface area contributed by atoms with Crippen LogP contribution in [0.2, 0.25) is 0 Å². The number of halogens is 4. The van der Waals surface area contributed by atoms with E-state index in [-0.39, 0.29) is 81.4 Å². The number of benzene rings is 5. The van der Waals surface area contributed by atoms with Gasteiger partial charge >= 0.3 is 50.5 Å². The smallest absolute Gasteiger partial charge is 0.387 e. The second kappa shape index (κ2) is 34.4. The van der Waals surface area contributed by atoms with Gasteiger partial charge in [0.1, 0.15) is 41.3 Å². The van der Waals surface area contributed by atoms with Crippen molar-refractivity contribution in [2.75, 3.05) is 0 Å². The van der Waals surface area contributed by atoms with Crippen molar-refractivity contribution in [1.29, 1.82) is 0 Å². The highest BCUT2D eigenvalue weighted by molar-refractivity contribution is 7.97. The fraction of sp³-hybridized carbons (Fsp3) is 0.430. The van der Waals surface area contributed by atoms with Gasteiger partial charge in [0.2, 0.25) is 0 Å². The van der Waals surface area contributed by atoms with Gasteiger partial charge in [-0.2, -0.15) is 26.0 Å². The van der Waals surface area contributed by atoms with E-state index >= 15 is 0 Å². The van der Waals surface area contributed by atoms with Gasteiger partial charge in [0.25, 0.3) is 0 Å². The molecular formula is C79H92F4O16S3. The lowest BCUT2D eigenvalue weighted by Gasteiger charge is -2.61. The van der Waals surface area contributed by atoms with E-state index in [4.69, 9.17) is 23.7 Å². The topological polar surface area (TPSA) is 232 Å². The zero-order valence-corrected chi connectivity index (χ0v) is 61.2. The van der Waals surface area contributed by atoms with Gasteiger partial charge in [-0.3, -0.25) is 9.59 Å². The van der Waals surface area contributed by atoms with Crippen LogP contribution in [0.1, 0.15) is 149 Å². The maximum absolute atomic E-state index is 13.4. The number of alkyl halides is 4. The Kier molecular flexibility index (Phi) is 27.4. The van der Waals surface area contributed by atoms with Crippen LogP contribution in [0.25, 0.3) is 12.2 Å². The highest BCUT2D eigenvalue weighted by Crippen LogP contribution is 2.64. The van der Waals surface area contributed by atoms with Gasteiger partial charge < -0.3 is 32.4 Å². The van der Waals surface area contributed by atoms with Gasteiger partial charge in [0, 0.05) is 40.9 Å².